The molecule has 0 bridgehead atoms. The van der Waals surface area contributed by atoms with Crippen molar-refractivity contribution in [1.82, 2.24) is 14.8 Å². The molecule has 0 N–H and O–H groups in total. The highest BCUT2D eigenvalue weighted by Gasteiger charge is 2.14. The lowest BCUT2D eigenvalue weighted by Crippen LogP contribution is -1.95. The Morgan fingerprint density at radius 2 is 2.18 bits per heavy atom. The van der Waals surface area contributed by atoms with Crippen LogP contribution in [0.2, 0.25) is 5.02 Å². The van der Waals surface area contributed by atoms with E-state index < -0.39 is 0 Å². The second-order valence-electron chi connectivity index (χ2n) is 4.59. The minimum Gasteiger partial charge on any atom is -0.496 e. The zero-order valence-corrected chi connectivity index (χ0v) is 13.7. The Morgan fingerprint density at radius 3 is 2.91 bits per heavy atom. The molecular weight excluding hydrogens is 322 g/mol. The van der Waals surface area contributed by atoms with E-state index >= 15 is 0 Å². The molecule has 0 amide bonds. The fourth-order valence-corrected chi connectivity index (χ4v) is 3.15. The standard InChI is InChI=1S/C15H14ClN3O2S/c1-19-14(13-4-3-7-21-13)17-18-15(19)22-9-10-8-11(16)5-6-12(10)20-2/h3-8H,9H2,1-2H3. The molecule has 0 aliphatic heterocycles. The molecule has 7 heteroatoms. The predicted molar refractivity (Wildman–Crippen MR) is 86.3 cm³/mol. The molecule has 2 heterocycles. The summed E-state index contributed by atoms with van der Waals surface area (Å²) < 4.78 is 12.6. The number of benzene rings is 1. The van der Waals surface area contributed by atoms with Crippen molar-refractivity contribution in [3.63, 3.8) is 0 Å². The van der Waals surface area contributed by atoms with Gasteiger partial charge in [-0.05, 0) is 30.3 Å². The molecule has 0 saturated heterocycles. The lowest BCUT2D eigenvalue weighted by atomic mass is 10.2. The lowest BCUT2D eigenvalue weighted by molar-refractivity contribution is 0.411. The molecule has 1 aromatic carbocycles. The van der Waals surface area contributed by atoms with Gasteiger partial charge in [-0.15, -0.1) is 10.2 Å². The van der Waals surface area contributed by atoms with Crippen molar-refractivity contribution in [3.8, 4) is 17.3 Å². The highest BCUT2D eigenvalue weighted by Crippen LogP contribution is 2.30. The van der Waals surface area contributed by atoms with E-state index in [0.717, 1.165) is 16.5 Å². The van der Waals surface area contributed by atoms with E-state index in [1.54, 1.807) is 25.1 Å². The summed E-state index contributed by atoms with van der Waals surface area (Å²) >= 11 is 7.61. The molecule has 3 aromatic rings. The average molecular weight is 336 g/mol. The number of halogens is 1. The molecule has 0 saturated carbocycles. The van der Waals surface area contributed by atoms with Crippen LogP contribution in [0.25, 0.3) is 11.6 Å². The Morgan fingerprint density at radius 1 is 1.32 bits per heavy atom. The van der Waals surface area contributed by atoms with Crippen molar-refractivity contribution >= 4 is 23.4 Å². The van der Waals surface area contributed by atoms with Gasteiger partial charge in [0.1, 0.15) is 5.75 Å². The topological polar surface area (TPSA) is 53.1 Å². The van der Waals surface area contributed by atoms with Crippen molar-refractivity contribution < 1.29 is 9.15 Å². The zero-order chi connectivity index (χ0) is 15.5. The van der Waals surface area contributed by atoms with Gasteiger partial charge in [0, 0.05) is 23.4 Å². The number of nitrogens with zero attached hydrogens (tertiary/aromatic N) is 3. The molecule has 3 rings (SSSR count). The Hall–Kier alpha value is -1.92. The number of aromatic nitrogens is 3. The van der Waals surface area contributed by atoms with Gasteiger partial charge >= 0.3 is 0 Å². The fourth-order valence-electron chi connectivity index (χ4n) is 2.06. The molecule has 0 aliphatic carbocycles. The maximum atomic E-state index is 6.05. The SMILES string of the molecule is COc1ccc(Cl)cc1CSc1nnc(-c2ccco2)n1C. The van der Waals surface area contributed by atoms with Gasteiger partial charge < -0.3 is 13.7 Å². The maximum absolute atomic E-state index is 6.05. The van der Waals surface area contributed by atoms with Gasteiger partial charge in [0.15, 0.2) is 16.7 Å². The molecule has 114 valence electrons. The van der Waals surface area contributed by atoms with Crippen LogP contribution in [0, 0.1) is 0 Å². The smallest absolute Gasteiger partial charge is 0.200 e. The highest BCUT2D eigenvalue weighted by atomic mass is 35.5. The number of rotatable bonds is 5. The number of hydrogen-bond acceptors (Lipinski definition) is 5. The second-order valence-corrected chi connectivity index (χ2v) is 5.97. The number of methoxy groups -OCH3 is 1. The molecule has 0 radical (unpaired) electrons. The van der Waals surface area contributed by atoms with Crippen molar-refractivity contribution in [2.75, 3.05) is 7.11 Å². The van der Waals surface area contributed by atoms with E-state index in [-0.39, 0.29) is 0 Å². The van der Waals surface area contributed by atoms with Crippen molar-refractivity contribution in [3.05, 3.63) is 47.2 Å². The van der Waals surface area contributed by atoms with Crippen LogP contribution in [0.4, 0.5) is 0 Å². The van der Waals surface area contributed by atoms with Crippen LogP contribution in [0.5, 0.6) is 5.75 Å². The summed E-state index contributed by atoms with van der Waals surface area (Å²) in [4.78, 5) is 0. The van der Waals surface area contributed by atoms with Crippen molar-refractivity contribution in [2.24, 2.45) is 7.05 Å². The van der Waals surface area contributed by atoms with E-state index in [1.807, 2.05) is 41.9 Å². The summed E-state index contributed by atoms with van der Waals surface area (Å²) in [5.41, 5.74) is 1.02. The lowest BCUT2D eigenvalue weighted by Gasteiger charge is -2.08. The van der Waals surface area contributed by atoms with Gasteiger partial charge in [0.05, 0.1) is 13.4 Å². The van der Waals surface area contributed by atoms with Gasteiger partial charge in [0.25, 0.3) is 0 Å². The first-order chi connectivity index (χ1) is 10.7. The minimum absolute atomic E-state index is 0.686. The van der Waals surface area contributed by atoms with Crippen LogP contribution in [0.3, 0.4) is 0 Å². The van der Waals surface area contributed by atoms with E-state index in [4.69, 9.17) is 20.8 Å². The minimum atomic E-state index is 0.686. The fraction of sp³-hybridized carbons (Fsp3) is 0.200. The molecule has 0 unspecified atom stereocenters. The highest BCUT2D eigenvalue weighted by molar-refractivity contribution is 7.98. The molecule has 0 atom stereocenters. The van der Waals surface area contributed by atoms with Crippen LogP contribution in [0.15, 0.2) is 46.2 Å². The van der Waals surface area contributed by atoms with Crippen molar-refractivity contribution in [2.45, 2.75) is 10.9 Å². The normalized spacial score (nSPS) is 10.9. The Balaban J connectivity index is 1.79. The van der Waals surface area contributed by atoms with Gasteiger partial charge in [0.2, 0.25) is 0 Å². The van der Waals surface area contributed by atoms with E-state index in [2.05, 4.69) is 10.2 Å². The number of hydrogen-bond donors (Lipinski definition) is 0. The van der Waals surface area contributed by atoms with Gasteiger partial charge in [-0.25, -0.2) is 0 Å². The Kier molecular flexibility index (Phi) is 4.40. The summed E-state index contributed by atoms with van der Waals surface area (Å²) in [6, 6.07) is 9.26. The molecule has 0 aliphatic rings. The van der Waals surface area contributed by atoms with Crippen LogP contribution >= 0.6 is 23.4 Å². The number of thioether (sulfide) groups is 1. The Labute approximate surface area is 137 Å². The van der Waals surface area contributed by atoms with E-state index in [0.29, 0.717) is 22.4 Å². The van der Waals surface area contributed by atoms with Crippen LogP contribution in [-0.2, 0) is 12.8 Å². The third-order valence-electron chi connectivity index (χ3n) is 3.18. The van der Waals surface area contributed by atoms with Gasteiger partial charge in [-0.3, -0.25) is 0 Å². The average Bonchev–Trinajstić information content (AvgIpc) is 3.15. The third kappa shape index (κ3) is 2.98. The molecule has 5 nitrogen and oxygen atoms in total. The second kappa shape index (κ2) is 6.46. The summed E-state index contributed by atoms with van der Waals surface area (Å²) in [5, 5.41) is 9.86. The number of ether oxygens (including phenoxy) is 1. The Bertz CT molecular complexity index is 771. The summed E-state index contributed by atoms with van der Waals surface area (Å²) in [7, 11) is 3.56. The van der Waals surface area contributed by atoms with Crippen LogP contribution in [-0.4, -0.2) is 21.9 Å². The van der Waals surface area contributed by atoms with Crippen molar-refractivity contribution in [1.29, 1.82) is 0 Å². The summed E-state index contributed by atoms with van der Waals surface area (Å²) in [6.07, 6.45) is 1.62. The monoisotopic (exact) mass is 335 g/mol. The predicted octanol–water partition coefficient (Wildman–Crippen LogP) is 4.03. The summed E-state index contributed by atoms with van der Waals surface area (Å²) in [6.45, 7) is 0. The molecular formula is C15H14ClN3O2S. The first kappa shape index (κ1) is 15.0. The van der Waals surface area contributed by atoms with Crippen LogP contribution < -0.4 is 4.74 Å². The van der Waals surface area contributed by atoms with Crippen LogP contribution in [0.1, 0.15) is 5.56 Å². The molecule has 0 spiro atoms. The van der Waals surface area contributed by atoms with E-state index in [9.17, 15) is 0 Å². The zero-order valence-electron chi connectivity index (χ0n) is 12.1. The first-order valence-corrected chi connectivity index (χ1v) is 7.94. The van der Waals surface area contributed by atoms with E-state index in [1.165, 1.54) is 0 Å². The van der Waals surface area contributed by atoms with Gasteiger partial charge in [-0.2, -0.15) is 0 Å². The number of furan rings is 1. The van der Waals surface area contributed by atoms with Gasteiger partial charge in [-0.1, -0.05) is 23.4 Å². The molecule has 22 heavy (non-hydrogen) atoms. The third-order valence-corrected chi connectivity index (χ3v) is 4.48. The quantitative estimate of drug-likeness (QED) is 0.659. The largest absolute Gasteiger partial charge is 0.496 e. The maximum Gasteiger partial charge on any atom is 0.200 e. The summed E-state index contributed by atoms with van der Waals surface area (Å²) in [5.74, 6) is 2.89. The first-order valence-electron chi connectivity index (χ1n) is 6.57. The molecule has 2 aromatic heterocycles. The molecule has 0 fully saturated rings.